The molecule has 4 aromatic carbocycles. The van der Waals surface area contributed by atoms with Crippen molar-refractivity contribution in [1.29, 1.82) is 0 Å². The van der Waals surface area contributed by atoms with Crippen LogP contribution in [0.5, 0.6) is 0 Å². The molecule has 0 spiro atoms. The third kappa shape index (κ3) is 9.81. The molecule has 0 radical (unpaired) electrons. The number of aryl methyl sites for hydroxylation is 4. The van der Waals surface area contributed by atoms with Gasteiger partial charge in [-0.05, 0) is 51.0 Å². The molecule has 0 unspecified atom stereocenters. The summed E-state index contributed by atoms with van der Waals surface area (Å²) in [5.41, 5.74) is 13.2. The standard InChI is InChI=1S/C21H22N2O2S.C9H12.ClH.Ru/c1-16-12-14-19(15-13-16)26(24,25)23-21(18-10-6-3-7-11-18)20(22)17-8-4-2-5-9-17;1-7-4-8(2)6-9(3)5-7;;/h2-15,20-21,23H,22H2,1H3;4-6H,1-3H3;1H;/q;;;+1/p-1/t20-,21-;;;/m1.../s1. The Kier molecular flexibility index (Phi) is 12.7. The van der Waals surface area contributed by atoms with Crippen molar-refractivity contribution in [3.05, 3.63) is 137 Å². The van der Waals surface area contributed by atoms with E-state index in [1.165, 1.54) is 16.7 Å². The zero-order valence-corrected chi connectivity index (χ0v) is 24.8. The summed E-state index contributed by atoms with van der Waals surface area (Å²) in [6.07, 6.45) is 0. The van der Waals surface area contributed by atoms with Gasteiger partial charge in [0, 0.05) is 0 Å². The second kappa shape index (κ2) is 15.2. The van der Waals surface area contributed by atoms with Gasteiger partial charge in [0.25, 0.3) is 0 Å². The number of sulfonamides is 1. The van der Waals surface area contributed by atoms with Gasteiger partial charge in [-0.3, -0.25) is 0 Å². The Labute approximate surface area is 236 Å². The molecule has 0 bridgehead atoms. The van der Waals surface area contributed by atoms with E-state index >= 15 is 0 Å². The van der Waals surface area contributed by atoms with Crippen LogP contribution in [0.2, 0.25) is 0 Å². The van der Waals surface area contributed by atoms with Crippen LogP contribution in [0, 0.1) is 27.7 Å². The Morgan fingerprint density at radius 2 is 1.05 bits per heavy atom. The average Bonchev–Trinajstić information content (AvgIpc) is 2.89. The van der Waals surface area contributed by atoms with E-state index in [9.17, 15) is 8.42 Å². The summed E-state index contributed by atoms with van der Waals surface area (Å²) in [5.74, 6) is 0. The Bertz CT molecular complexity index is 1280. The number of rotatable bonds is 6. The molecule has 0 aromatic heterocycles. The van der Waals surface area contributed by atoms with Crippen LogP contribution in [-0.2, 0) is 27.3 Å². The molecule has 0 saturated carbocycles. The molecule has 3 N–H and O–H groups in total. The van der Waals surface area contributed by atoms with Crippen LogP contribution in [0.4, 0.5) is 0 Å². The molecule has 2 atom stereocenters. The SMILES string of the molecule is Cc1cc(C)cc(C)c1.Cc1ccc(S(=O)(=O)N[C@H](c2ccccc2)[C@H](N)c2ccccc2)cc1.[Cl][Ru]. The number of nitrogens with one attached hydrogen (secondary N) is 1. The van der Waals surface area contributed by atoms with E-state index in [0.717, 1.165) is 16.7 Å². The van der Waals surface area contributed by atoms with Crippen LogP contribution in [0.3, 0.4) is 0 Å². The molecule has 0 amide bonds. The Morgan fingerprint density at radius 1 is 0.649 bits per heavy atom. The van der Waals surface area contributed by atoms with Gasteiger partial charge in [-0.15, -0.1) is 0 Å². The molecule has 0 saturated heterocycles. The molecule has 0 fully saturated rings. The van der Waals surface area contributed by atoms with Gasteiger partial charge in [0.1, 0.15) is 0 Å². The van der Waals surface area contributed by atoms with Crippen LogP contribution >= 0.6 is 9.69 Å². The van der Waals surface area contributed by atoms with Crippen LogP contribution in [0.15, 0.2) is 108 Å². The third-order valence-corrected chi connectivity index (χ3v) is 7.14. The van der Waals surface area contributed by atoms with Gasteiger partial charge in [-0.2, -0.15) is 0 Å². The summed E-state index contributed by atoms with van der Waals surface area (Å²) in [6.45, 7) is 8.29. The number of hydrogen-bond donors (Lipinski definition) is 2. The Balaban J connectivity index is 0.000000367. The fourth-order valence-electron chi connectivity index (χ4n) is 4.03. The van der Waals surface area contributed by atoms with Gasteiger partial charge in [-0.25, -0.2) is 13.1 Å². The molecule has 0 heterocycles. The van der Waals surface area contributed by atoms with Crippen molar-refractivity contribution in [3.8, 4) is 0 Å². The zero-order valence-electron chi connectivity index (χ0n) is 21.5. The van der Waals surface area contributed by atoms with Gasteiger partial charge in [0.05, 0.1) is 17.0 Å². The number of hydrogen-bond acceptors (Lipinski definition) is 3. The minimum absolute atomic E-state index is 0.226. The second-order valence-electron chi connectivity index (χ2n) is 8.92. The first-order valence-electron chi connectivity index (χ1n) is 11.8. The summed E-state index contributed by atoms with van der Waals surface area (Å²) in [5, 5.41) is 0. The minimum atomic E-state index is -3.71. The molecular weight excluding hydrogens is 589 g/mol. The Morgan fingerprint density at radius 3 is 1.49 bits per heavy atom. The maximum absolute atomic E-state index is 12.9. The van der Waals surface area contributed by atoms with E-state index in [1.54, 1.807) is 24.3 Å². The molecule has 197 valence electrons. The molecule has 4 rings (SSSR count). The summed E-state index contributed by atoms with van der Waals surface area (Å²) in [7, 11) is 0.861. The fourth-order valence-corrected chi connectivity index (χ4v) is 5.28. The topological polar surface area (TPSA) is 72.2 Å². The molecule has 7 heteroatoms. The first kappa shape index (κ1) is 30.9. The second-order valence-corrected chi connectivity index (χ2v) is 10.6. The van der Waals surface area contributed by atoms with Crippen LogP contribution in [0.1, 0.15) is 45.5 Å². The zero-order chi connectivity index (χ0) is 27.4. The summed E-state index contributed by atoms with van der Waals surface area (Å²) in [4.78, 5) is 0.226. The van der Waals surface area contributed by atoms with Gasteiger partial charge in [0.15, 0.2) is 0 Å². The van der Waals surface area contributed by atoms with Crippen molar-refractivity contribution in [1.82, 2.24) is 4.72 Å². The average molecular weight is 623 g/mol. The summed E-state index contributed by atoms with van der Waals surface area (Å²) in [6, 6.07) is 31.1. The number of halogens is 1. The molecule has 0 aliphatic rings. The van der Waals surface area contributed by atoms with Crippen molar-refractivity contribution < 1.29 is 25.7 Å². The fraction of sp³-hybridized carbons (Fsp3) is 0.200. The van der Waals surface area contributed by atoms with E-state index < -0.39 is 22.1 Å². The van der Waals surface area contributed by atoms with Crippen molar-refractivity contribution in [2.45, 2.75) is 44.7 Å². The first-order valence-corrected chi connectivity index (χ1v) is 15.5. The van der Waals surface area contributed by atoms with E-state index in [4.69, 9.17) is 5.73 Å². The molecule has 0 aliphatic carbocycles. The van der Waals surface area contributed by atoms with Crippen molar-refractivity contribution >= 4 is 19.7 Å². The maximum atomic E-state index is 12.9. The molecule has 4 aromatic rings. The van der Waals surface area contributed by atoms with Gasteiger partial charge in [-0.1, -0.05) is 113 Å². The Hall–Kier alpha value is -2.34. The molecule has 37 heavy (non-hydrogen) atoms. The van der Waals surface area contributed by atoms with E-state index in [-0.39, 0.29) is 4.90 Å². The normalized spacial score (nSPS) is 12.3. The van der Waals surface area contributed by atoms with Crippen molar-refractivity contribution in [3.63, 3.8) is 0 Å². The van der Waals surface area contributed by atoms with Crippen LogP contribution in [-0.4, -0.2) is 8.42 Å². The monoisotopic (exact) mass is 623 g/mol. The summed E-state index contributed by atoms with van der Waals surface area (Å²) >= 11 is 1.82. The van der Waals surface area contributed by atoms with E-state index in [0.29, 0.717) is 0 Å². The van der Waals surface area contributed by atoms with Gasteiger partial charge >= 0.3 is 27.0 Å². The van der Waals surface area contributed by atoms with Crippen LogP contribution < -0.4 is 10.5 Å². The molecular formula is C30H34ClN2O2RuS. The first-order chi connectivity index (χ1) is 17.7. The van der Waals surface area contributed by atoms with Gasteiger partial charge in [0.2, 0.25) is 10.0 Å². The number of benzene rings is 4. The van der Waals surface area contributed by atoms with Crippen molar-refractivity contribution in [2.24, 2.45) is 5.73 Å². The predicted molar refractivity (Wildman–Crippen MR) is 151 cm³/mol. The van der Waals surface area contributed by atoms with Gasteiger partial charge < -0.3 is 5.73 Å². The van der Waals surface area contributed by atoms with E-state index in [1.807, 2.05) is 84.9 Å². The van der Waals surface area contributed by atoms with E-state index in [2.05, 4.69) is 53.4 Å². The number of nitrogens with two attached hydrogens (primary N) is 1. The summed E-state index contributed by atoms with van der Waals surface area (Å²) < 4.78 is 28.6. The van der Waals surface area contributed by atoms with Crippen molar-refractivity contribution in [2.75, 3.05) is 0 Å². The van der Waals surface area contributed by atoms with Crippen LogP contribution in [0.25, 0.3) is 0 Å². The predicted octanol–water partition coefficient (Wildman–Crippen LogP) is 7.01. The third-order valence-electron chi connectivity index (χ3n) is 5.68. The quantitative estimate of drug-likeness (QED) is 0.227. The molecule has 0 aliphatic heterocycles. The molecule has 4 nitrogen and oxygen atoms in total.